The van der Waals surface area contributed by atoms with Crippen LogP contribution in [-0.2, 0) is 6.54 Å². The van der Waals surface area contributed by atoms with E-state index in [-0.39, 0.29) is 5.82 Å². The minimum Gasteiger partial charge on any atom is -0.495 e. The lowest BCUT2D eigenvalue weighted by Crippen LogP contribution is -2.03. The Hall–Kier alpha value is -2.01. The van der Waals surface area contributed by atoms with Gasteiger partial charge in [-0.2, -0.15) is 0 Å². The first-order valence-electron chi connectivity index (χ1n) is 5.89. The Kier molecular flexibility index (Phi) is 4.63. The monoisotopic (exact) mass is 296 g/mol. The molecule has 0 aliphatic rings. The minimum absolute atomic E-state index is 0.370. The summed E-state index contributed by atoms with van der Waals surface area (Å²) < 4.78 is 23.5. The fourth-order valence-corrected chi connectivity index (χ4v) is 1.98. The smallest absolute Gasteiger partial charge is 0.143 e. The fourth-order valence-electron chi connectivity index (χ4n) is 1.75. The molecule has 0 aliphatic heterocycles. The third-order valence-electron chi connectivity index (χ3n) is 2.72. The van der Waals surface area contributed by atoms with Gasteiger partial charge in [0.15, 0.2) is 0 Å². The number of aromatic nitrogens is 1. The Morgan fingerprint density at radius 1 is 1.15 bits per heavy atom. The molecule has 2 rings (SSSR count). The molecule has 0 fully saturated rings. The highest BCUT2D eigenvalue weighted by molar-refractivity contribution is 6.32. The zero-order valence-corrected chi connectivity index (χ0v) is 11.9. The van der Waals surface area contributed by atoms with Crippen LogP contribution in [0.2, 0.25) is 5.02 Å². The van der Waals surface area contributed by atoms with Crippen LogP contribution in [-0.4, -0.2) is 19.2 Å². The molecule has 0 spiro atoms. The number of anilines is 1. The Labute approximate surface area is 121 Å². The lowest BCUT2D eigenvalue weighted by molar-refractivity contribution is 0.404. The summed E-state index contributed by atoms with van der Waals surface area (Å²) in [5.74, 6) is 0.748. The van der Waals surface area contributed by atoms with Crippen LogP contribution >= 0.6 is 11.6 Å². The predicted molar refractivity (Wildman–Crippen MR) is 76.1 cm³/mol. The molecule has 0 bridgehead atoms. The van der Waals surface area contributed by atoms with Gasteiger partial charge in [-0.15, -0.1) is 0 Å². The number of benzene rings is 1. The number of pyridine rings is 1. The van der Waals surface area contributed by atoms with E-state index in [1.165, 1.54) is 13.2 Å². The molecule has 0 atom stereocenters. The molecule has 2 aromatic rings. The van der Waals surface area contributed by atoms with Gasteiger partial charge in [-0.05, 0) is 11.6 Å². The van der Waals surface area contributed by atoms with Crippen LogP contribution in [0.4, 0.5) is 10.1 Å². The highest BCUT2D eigenvalue weighted by Gasteiger charge is 2.09. The molecule has 20 heavy (non-hydrogen) atoms. The fraction of sp³-hybridized carbons (Fsp3) is 0.214. The summed E-state index contributed by atoms with van der Waals surface area (Å²) in [6.07, 6.45) is 2.76. The molecular formula is C14H14ClFN2O2. The van der Waals surface area contributed by atoms with Crippen molar-refractivity contribution in [2.75, 3.05) is 19.5 Å². The second-order valence-corrected chi connectivity index (χ2v) is 4.46. The first-order chi connectivity index (χ1) is 9.63. The topological polar surface area (TPSA) is 43.4 Å². The van der Waals surface area contributed by atoms with Crippen molar-refractivity contribution in [3.05, 3.63) is 47.0 Å². The molecule has 4 nitrogen and oxygen atoms in total. The van der Waals surface area contributed by atoms with E-state index in [0.29, 0.717) is 28.8 Å². The standard InChI is InChI=1S/C14H14ClFN2O2/c1-19-13-5-12(14(20-2)4-11(13)15)18-7-9-3-10(16)8-17-6-9/h3-6,8,18H,7H2,1-2H3. The van der Waals surface area contributed by atoms with E-state index in [0.717, 1.165) is 11.8 Å². The van der Waals surface area contributed by atoms with Crippen molar-refractivity contribution in [1.29, 1.82) is 0 Å². The van der Waals surface area contributed by atoms with Crippen molar-refractivity contribution in [3.8, 4) is 11.5 Å². The zero-order valence-electron chi connectivity index (χ0n) is 11.1. The summed E-state index contributed by atoms with van der Waals surface area (Å²) in [4.78, 5) is 3.79. The van der Waals surface area contributed by atoms with Gasteiger partial charge in [-0.1, -0.05) is 11.6 Å². The summed E-state index contributed by atoms with van der Waals surface area (Å²) in [7, 11) is 3.08. The Balaban J connectivity index is 2.20. The Morgan fingerprint density at radius 2 is 1.90 bits per heavy atom. The van der Waals surface area contributed by atoms with Gasteiger partial charge in [0, 0.05) is 24.9 Å². The van der Waals surface area contributed by atoms with Crippen LogP contribution < -0.4 is 14.8 Å². The average molecular weight is 297 g/mol. The van der Waals surface area contributed by atoms with Gasteiger partial charge in [0.25, 0.3) is 0 Å². The highest BCUT2D eigenvalue weighted by Crippen LogP contribution is 2.36. The van der Waals surface area contributed by atoms with Gasteiger partial charge >= 0.3 is 0 Å². The summed E-state index contributed by atoms with van der Waals surface area (Å²) in [6.45, 7) is 0.409. The molecule has 1 heterocycles. The Bertz CT molecular complexity index is 608. The van der Waals surface area contributed by atoms with Gasteiger partial charge in [0.2, 0.25) is 0 Å². The third kappa shape index (κ3) is 3.30. The molecule has 0 amide bonds. The van der Waals surface area contributed by atoms with Crippen LogP contribution in [0.25, 0.3) is 0 Å². The van der Waals surface area contributed by atoms with Crippen molar-refractivity contribution in [1.82, 2.24) is 4.98 Å². The van der Waals surface area contributed by atoms with Gasteiger partial charge in [-0.3, -0.25) is 4.98 Å². The molecule has 0 radical (unpaired) electrons. The average Bonchev–Trinajstić information content (AvgIpc) is 2.45. The van der Waals surface area contributed by atoms with E-state index >= 15 is 0 Å². The summed E-state index contributed by atoms with van der Waals surface area (Å²) in [5, 5.41) is 3.60. The number of ether oxygens (including phenoxy) is 2. The van der Waals surface area contributed by atoms with Crippen LogP contribution in [0.5, 0.6) is 11.5 Å². The number of nitrogens with zero attached hydrogens (tertiary/aromatic N) is 1. The van der Waals surface area contributed by atoms with Crippen LogP contribution in [0.1, 0.15) is 5.56 Å². The summed E-state index contributed by atoms with van der Waals surface area (Å²) >= 11 is 6.03. The largest absolute Gasteiger partial charge is 0.495 e. The second-order valence-electron chi connectivity index (χ2n) is 4.05. The van der Waals surface area contributed by atoms with E-state index in [9.17, 15) is 4.39 Å². The molecule has 1 aromatic carbocycles. The normalized spacial score (nSPS) is 10.2. The molecule has 0 saturated heterocycles. The second kappa shape index (κ2) is 6.43. The lowest BCUT2D eigenvalue weighted by Gasteiger charge is -2.13. The number of halogens is 2. The first kappa shape index (κ1) is 14.4. The maximum atomic E-state index is 13.1. The molecule has 1 aromatic heterocycles. The predicted octanol–water partition coefficient (Wildman–Crippen LogP) is 3.50. The van der Waals surface area contributed by atoms with Gasteiger partial charge in [0.1, 0.15) is 17.3 Å². The number of hydrogen-bond donors (Lipinski definition) is 1. The number of hydrogen-bond acceptors (Lipinski definition) is 4. The third-order valence-corrected chi connectivity index (χ3v) is 3.01. The zero-order chi connectivity index (χ0) is 14.5. The van der Waals surface area contributed by atoms with Crippen LogP contribution in [0.15, 0.2) is 30.6 Å². The Morgan fingerprint density at radius 3 is 2.55 bits per heavy atom. The number of rotatable bonds is 5. The lowest BCUT2D eigenvalue weighted by atomic mass is 10.2. The number of nitrogens with one attached hydrogen (secondary N) is 1. The highest BCUT2D eigenvalue weighted by atomic mass is 35.5. The molecule has 0 unspecified atom stereocenters. The maximum Gasteiger partial charge on any atom is 0.143 e. The van der Waals surface area contributed by atoms with Gasteiger partial charge < -0.3 is 14.8 Å². The van der Waals surface area contributed by atoms with E-state index in [2.05, 4.69) is 10.3 Å². The molecule has 0 saturated carbocycles. The quantitative estimate of drug-likeness (QED) is 0.917. The van der Waals surface area contributed by atoms with E-state index in [1.807, 2.05) is 0 Å². The van der Waals surface area contributed by atoms with Crippen molar-refractivity contribution in [2.45, 2.75) is 6.54 Å². The van der Waals surface area contributed by atoms with Crippen molar-refractivity contribution in [2.24, 2.45) is 0 Å². The van der Waals surface area contributed by atoms with E-state index in [4.69, 9.17) is 21.1 Å². The van der Waals surface area contributed by atoms with E-state index < -0.39 is 0 Å². The van der Waals surface area contributed by atoms with Crippen LogP contribution in [0.3, 0.4) is 0 Å². The molecule has 6 heteroatoms. The minimum atomic E-state index is -0.370. The number of methoxy groups -OCH3 is 2. The molecule has 106 valence electrons. The van der Waals surface area contributed by atoms with Gasteiger partial charge in [0.05, 0.1) is 31.1 Å². The summed E-state index contributed by atoms with van der Waals surface area (Å²) in [5.41, 5.74) is 1.43. The molecule has 1 N–H and O–H groups in total. The SMILES string of the molecule is COc1cc(NCc2cncc(F)c2)c(OC)cc1Cl. The molecular weight excluding hydrogens is 283 g/mol. The van der Waals surface area contributed by atoms with Crippen molar-refractivity contribution < 1.29 is 13.9 Å². The van der Waals surface area contributed by atoms with Gasteiger partial charge in [-0.25, -0.2) is 4.39 Å². The van der Waals surface area contributed by atoms with E-state index in [1.54, 1.807) is 25.4 Å². The van der Waals surface area contributed by atoms with Crippen LogP contribution in [0, 0.1) is 5.82 Å². The van der Waals surface area contributed by atoms with Crippen molar-refractivity contribution in [3.63, 3.8) is 0 Å². The summed E-state index contributed by atoms with van der Waals surface area (Å²) in [6, 6.07) is 4.81. The maximum absolute atomic E-state index is 13.1. The first-order valence-corrected chi connectivity index (χ1v) is 6.26. The van der Waals surface area contributed by atoms with Crippen molar-refractivity contribution >= 4 is 17.3 Å². The molecule has 0 aliphatic carbocycles.